The molecule has 1 aromatic heterocycles. The number of hydrogen-bond acceptors (Lipinski definition) is 7. The Morgan fingerprint density at radius 1 is 1.04 bits per heavy atom. The highest BCUT2D eigenvalue weighted by molar-refractivity contribution is 5.82. The fourth-order valence-corrected chi connectivity index (χ4v) is 2.66. The number of ether oxygens (including phenoxy) is 2. The Morgan fingerprint density at radius 2 is 1.78 bits per heavy atom. The first-order valence-corrected chi connectivity index (χ1v) is 8.17. The molecule has 0 spiro atoms. The van der Waals surface area contributed by atoms with Crippen molar-refractivity contribution in [3.05, 3.63) is 50.6 Å². The predicted octanol–water partition coefficient (Wildman–Crippen LogP) is 3.84. The van der Waals surface area contributed by atoms with Crippen LogP contribution in [0.25, 0.3) is 22.4 Å². The number of imidazole rings is 1. The van der Waals surface area contributed by atoms with Crippen molar-refractivity contribution in [3.8, 4) is 22.9 Å². The number of nitrogens with one attached hydrogen (secondary N) is 1. The van der Waals surface area contributed by atoms with Crippen molar-refractivity contribution in [2.24, 2.45) is 0 Å². The van der Waals surface area contributed by atoms with Gasteiger partial charge < -0.3 is 14.5 Å². The van der Waals surface area contributed by atoms with Crippen LogP contribution in [0.1, 0.15) is 13.8 Å². The van der Waals surface area contributed by atoms with E-state index >= 15 is 0 Å². The molecule has 0 saturated carbocycles. The monoisotopic (exact) mass is 372 g/mol. The Kier molecular flexibility index (Phi) is 4.88. The van der Waals surface area contributed by atoms with E-state index in [9.17, 15) is 20.2 Å². The lowest BCUT2D eigenvalue weighted by atomic mass is 10.1. The number of H-pyrrole nitrogens is 1. The van der Waals surface area contributed by atoms with Crippen LogP contribution in [0.3, 0.4) is 0 Å². The average molecular weight is 372 g/mol. The lowest BCUT2D eigenvalue weighted by molar-refractivity contribution is -0.385. The fourth-order valence-electron chi connectivity index (χ4n) is 2.66. The molecular weight excluding hydrogens is 356 g/mol. The van der Waals surface area contributed by atoms with Crippen molar-refractivity contribution in [3.63, 3.8) is 0 Å². The molecule has 10 heteroatoms. The summed E-state index contributed by atoms with van der Waals surface area (Å²) in [5.41, 5.74) is 1.04. The summed E-state index contributed by atoms with van der Waals surface area (Å²) < 4.78 is 10.9. The second-order valence-corrected chi connectivity index (χ2v) is 5.49. The van der Waals surface area contributed by atoms with Crippen LogP contribution < -0.4 is 9.47 Å². The minimum absolute atomic E-state index is 0.0554. The van der Waals surface area contributed by atoms with E-state index in [0.29, 0.717) is 29.0 Å². The maximum absolute atomic E-state index is 11.5. The number of nitro benzene ring substituents is 2. The molecule has 0 aliphatic heterocycles. The van der Waals surface area contributed by atoms with Gasteiger partial charge in [0.2, 0.25) is 5.75 Å². The van der Waals surface area contributed by atoms with E-state index in [1.807, 2.05) is 0 Å². The summed E-state index contributed by atoms with van der Waals surface area (Å²) >= 11 is 0. The molecule has 0 aliphatic carbocycles. The zero-order valence-corrected chi connectivity index (χ0v) is 14.6. The third-order valence-electron chi connectivity index (χ3n) is 3.77. The molecule has 27 heavy (non-hydrogen) atoms. The van der Waals surface area contributed by atoms with E-state index in [1.54, 1.807) is 19.9 Å². The SMILES string of the molecule is CCOc1cc(-c2nc3ccc([N+](=O)[O-])cc3[nH]2)cc([N+](=O)[O-])c1OCC. The molecule has 0 atom stereocenters. The van der Waals surface area contributed by atoms with Crippen molar-refractivity contribution in [1.82, 2.24) is 9.97 Å². The predicted molar refractivity (Wildman–Crippen MR) is 97.2 cm³/mol. The summed E-state index contributed by atoms with van der Waals surface area (Å²) in [5, 5.41) is 22.4. The van der Waals surface area contributed by atoms with Gasteiger partial charge in [-0.3, -0.25) is 20.2 Å². The van der Waals surface area contributed by atoms with Crippen molar-refractivity contribution in [2.75, 3.05) is 13.2 Å². The summed E-state index contributed by atoms with van der Waals surface area (Å²) in [4.78, 5) is 28.7. The summed E-state index contributed by atoms with van der Waals surface area (Å²) in [6, 6.07) is 7.14. The van der Waals surface area contributed by atoms with Crippen LogP contribution in [0.5, 0.6) is 11.5 Å². The van der Waals surface area contributed by atoms with Gasteiger partial charge in [-0.15, -0.1) is 0 Å². The van der Waals surface area contributed by atoms with Crippen LogP contribution in [0.4, 0.5) is 11.4 Å². The summed E-state index contributed by atoms with van der Waals surface area (Å²) in [5.74, 6) is 0.618. The normalized spacial score (nSPS) is 10.7. The van der Waals surface area contributed by atoms with Gasteiger partial charge in [-0.1, -0.05) is 0 Å². The molecule has 10 nitrogen and oxygen atoms in total. The van der Waals surface area contributed by atoms with E-state index in [2.05, 4.69) is 9.97 Å². The first-order chi connectivity index (χ1) is 12.9. The summed E-state index contributed by atoms with van der Waals surface area (Å²) in [6.07, 6.45) is 0. The number of hydrogen-bond donors (Lipinski definition) is 1. The lowest BCUT2D eigenvalue weighted by Gasteiger charge is -2.12. The van der Waals surface area contributed by atoms with Gasteiger partial charge in [-0.25, -0.2) is 4.98 Å². The number of aromatic amines is 1. The molecule has 1 N–H and O–H groups in total. The summed E-state index contributed by atoms with van der Waals surface area (Å²) in [6.45, 7) is 4.02. The standard InChI is InChI=1S/C17H16N4O6/c1-3-26-15-8-10(7-14(21(24)25)16(15)27-4-2)17-18-12-6-5-11(20(22)23)9-13(12)19-17/h5-9H,3-4H2,1-2H3,(H,18,19). The maximum Gasteiger partial charge on any atom is 0.315 e. The Labute approximate surface area is 153 Å². The first-order valence-electron chi connectivity index (χ1n) is 8.17. The number of rotatable bonds is 7. The van der Waals surface area contributed by atoms with Gasteiger partial charge in [-0.2, -0.15) is 0 Å². The molecular formula is C17H16N4O6. The third kappa shape index (κ3) is 3.50. The van der Waals surface area contributed by atoms with E-state index in [4.69, 9.17) is 9.47 Å². The summed E-state index contributed by atoms with van der Waals surface area (Å²) in [7, 11) is 0. The molecule has 0 unspecified atom stereocenters. The van der Waals surface area contributed by atoms with E-state index in [1.165, 1.54) is 24.3 Å². The largest absolute Gasteiger partial charge is 0.490 e. The number of non-ortho nitro benzene ring substituents is 1. The smallest absolute Gasteiger partial charge is 0.315 e. The Hall–Kier alpha value is -3.69. The van der Waals surface area contributed by atoms with E-state index in [0.717, 1.165) is 0 Å². The van der Waals surface area contributed by atoms with Gasteiger partial charge in [0.05, 0.1) is 34.1 Å². The molecule has 140 valence electrons. The van der Waals surface area contributed by atoms with Gasteiger partial charge in [0.1, 0.15) is 5.82 Å². The van der Waals surface area contributed by atoms with Crippen molar-refractivity contribution < 1.29 is 19.3 Å². The van der Waals surface area contributed by atoms with Gasteiger partial charge in [-0.05, 0) is 26.0 Å². The molecule has 1 heterocycles. The average Bonchev–Trinajstić information content (AvgIpc) is 3.06. The molecule has 3 rings (SSSR count). The highest BCUT2D eigenvalue weighted by Crippen LogP contribution is 2.41. The van der Waals surface area contributed by atoms with Crippen LogP contribution in [0.15, 0.2) is 30.3 Å². The molecule has 0 saturated heterocycles. The van der Waals surface area contributed by atoms with E-state index < -0.39 is 9.85 Å². The Balaban J connectivity index is 2.16. The van der Waals surface area contributed by atoms with E-state index in [-0.39, 0.29) is 29.5 Å². The van der Waals surface area contributed by atoms with Crippen molar-refractivity contribution in [2.45, 2.75) is 13.8 Å². The molecule has 2 aromatic carbocycles. The third-order valence-corrected chi connectivity index (χ3v) is 3.77. The van der Waals surface area contributed by atoms with Crippen LogP contribution in [-0.2, 0) is 0 Å². The minimum atomic E-state index is -0.551. The number of nitrogens with zero attached hydrogens (tertiary/aromatic N) is 3. The molecule has 3 aromatic rings. The van der Waals surface area contributed by atoms with Crippen molar-refractivity contribution >= 4 is 22.4 Å². The second kappa shape index (κ2) is 7.28. The lowest BCUT2D eigenvalue weighted by Crippen LogP contribution is -2.03. The van der Waals surface area contributed by atoms with Gasteiger partial charge in [0.15, 0.2) is 5.75 Å². The number of aromatic nitrogens is 2. The first kappa shape index (κ1) is 18.1. The fraction of sp³-hybridized carbons (Fsp3) is 0.235. The highest BCUT2D eigenvalue weighted by Gasteiger charge is 2.24. The number of fused-ring (bicyclic) bond motifs is 1. The second-order valence-electron chi connectivity index (χ2n) is 5.49. The van der Waals surface area contributed by atoms with Crippen LogP contribution in [0.2, 0.25) is 0 Å². The zero-order valence-electron chi connectivity index (χ0n) is 14.6. The van der Waals surface area contributed by atoms with Crippen molar-refractivity contribution in [1.29, 1.82) is 0 Å². The van der Waals surface area contributed by atoms with Crippen LogP contribution in [-0.4, -0.2) is 33.0 Å². The topological polar surface area (TPSA) is 133 Å². The molecule has 0 fully saturated rings. The minimum Gasteiger partial charge on any atom is -0.490 e. The Morgan fingerprint density at radius 3 is 2.41 bits per heavy atom. The van der Waals surface area contributed by atoms with Gasteiger partial charge in [0.25, 0.3) is 5.69 Å². The Bertz CT molecular complexity index is 1030. The molecule has 0 radical (unpaired) electrons. The number of benzene rings is 2. The molecule has 0 bridgehead atoms. The molecule has 0 amide bonds. The van der Waals surface area contributed by atoms with Crippen LogP contribution in [0, 0.1) is 20.2 Å². The van der Waals surface area contributed by atoms with Gasteiger partial charge >= 0.3 is 5.69 Å². The van der Waals surface area contributed by atoms with Crippen LogP contribution >= 0.6 is 0 Å². The molecule has 0 aliphatic rings. The maximum atomic E-state index is 11.5. The zero-order chi connectivity index (χ0) is 19.6. The number of nitro groups is 2. The highest BCUT2D eigenvalue weighted by atomic mass is 16.6. The quantitative estimate of drug-likeness (QED) is 0.492. The van der Waals surface area contributed by atoms with Gasteiger partial charge in [0, 0.05) is 23.8 Å².